The van der Waals surface area contributed by atoms with Crippen molar-refractivity contribution in [2.24, 2.45) is 11.8 Å². The van der Waals surface area contributed by atoms with Gasteiger partial charge in [0.1, 0.15) is 5.75 Å². The smallest absolute Gasteiger partial charge is 0.115 e. The predicted molar refractivity (Wildman–Crippen MR) is 72.5 cm³/mol. The van der Waals surface area contributed by atoms with Crippen LogP contribution in [0.2, 0.25) is 0 Å². The molecule has 0 saturated carbocycles. The first-order valence-electron chi connectivity index (χ1n) is 6.79. The van der Waals surface area contributed by atoms with Gasteiger partial charge in [0.2, 0.25) is 0 Å². The van der Waals surface area contributed by atoms with Crippen molar-refractivity contribution < 1.29 is 10.2 Å². The molecule has 0 amide bonds. The van der Waals surface area contributed by atoms with Gasteiger partial charge >= 0.3 is 0 Å². The van der Waals surface area contributed by atoms with Crippen molar-refractivity contribution in [3.05, 3.63) is 29.8 Å². The molecule has 1 aliphatic rings. The van der Waals surface area contributed by atoms with Crippen molar-refractivity contribution in [3.63, 3.8) is 0 Å². The lowest BCUT2D eigenvalue weighted by molar-refractivity contribution is 0.123. The predicted octanol–water partition coefficient (Wildman–Crippen LogP) is 2.40. The number of aliphatic hydroxyl groups is 1. The Morgan fingerprint density at radius 1 is 1.28 bits per heavy atom. The van der Waals surface area contributed by atoms with Gasteiger partial charge in [0.25, 0.3) is 0 Å². The van der Waals surface area contributed by atoms with Crippen LogP contribution in [0.25, 0.3) is 0 Å². The van der Waals surface area contributed by atoms with Gasteiger partial charge in [-0.15, -0.1) is 0 Å². The molecule has 2 N–H and O–H groups in total. The summed E-state index contributed by atoms with van der Waals surface area (Å²) in [7, 11) is 0. The van der Waals surface area contributed by atoms with Gasteiger partial charge in [-0.3, -0.25) is 4.90 Å². The number of aromatic hydroxyl groups is 1. The van der Waals surface area contributed by atoms with Crippen molar-refractivity contribution in [1.82, 2.24) is 4.90 Å². The topological polar surface area (TPSA) is 43.7 Å². The summed E-state index contributed by atoms with van der Waals surface area (Å²) in [6, 6.07) is 6.83. The quantitative estimate of drug-likeness (QED) is 0.861. The molecular weight excluding hydrogens is 226 g/mol. The van der Waals surface area contributed by atoms with Crippen LogP contribution in [0.1, 0.15) is 31.9 Å². The molecule has 3 nitrogen and oxygen atoms in total. The van der Waals surface area contributed by atoms with E-state index in [4.69, 9.17) is 0 Å². The minimum absolute atomic E-state index is 0.242. The van der Waals surface area contributed by atoms with Crippen LogP contribution in [-0.4, -0.2) is 34.7 Å². The SMILES string of the molecule is CC[C@@H]1CN(CC(O)c2ccc(O)cc2)C[C@@H]1C. The van der Waals surface area contributed by atoms with Crippen molar-refractivity contribution in [2.75, 3.05) is 19.6 Å². The third kappa shape index (κ3) is 3.03. The second kappa shape index (κ2) is 5.72. The van der Waals surface area contributed by atoms with Crippen LogP contribution in [-0.2, 0) is 0 Å². The lowest BCUT2D eigenvalue weighted by Crippen LogP contribution is -2.26. The fraction of sp³-hybridized carbons (Fsp3) is 0.600. The largest absolute Gasteiger partial charge is 0.508 e. The molecule has 1 saturated heterocycles. The van der Waals surface area contributed by atoms with Crippen LogP contribution in [0.15, 0.2) is 24.3 Å². The molecule has 0 radical (unpaired) electrons. The molecule has 0 bridgehead atoms. The summed E-state index contributed by atoms with van der Waals surface area (Å²) in [6.07, 6.45) is 0.751. The summed E-state index contributed by atoms with van der Waals surface area (Å²) < 4.78 is 0. The summed E-state index contributed by atoms with van der Waals surface area (Å²) in [4.78, 5) is 2.34. The fourth-order valence-electron chi connectivity index (χ4n) is 2.87. The number of nitrogens with zero attached hydrogens (tertiary/aromatic N) is 1. The number of phenols is 1. The number of phenolic OH excluding ortho intramolecular Hbond substituents is 1. The molecule has 0 aliphatic carbocycles. The second-order valence-electron chi connectivity index (χ2n) is 5.47. The molecule has 1 fully saturated rings. The number of likely N-dealkylation sites (tertiary alicyclic amines) is 1. The molecule has 1 aliphatic heterocycles. The number of hydrogen-bond acceptors (Lipinski definition) is 3. The zero-order valence-corrected chi connectivity index (χ0v) is 11.2. The number of aliphatic hydroxyl groups excluding tert-OH is 1. The molecule has 1 heterocycles. The molecule has 18 heavy (non-hydrogen) atoms. The monoisotopic (exact) mass is 249 g/mol. The molecule has 100 valence electrons. The zero-order chi connectivity index (χ0) is 13.1. The van der Waals surface area contributed by atoms with E-state index in [1.54, 1.807) is 24.3 Å². The maximum absolute atomic E-state index is 10.2. The fourth-order valence-corrected chi connectivity index (χ4v) is 2.87. The average molecular weight is 249 g/mol. The first-order valence-corrected chi connectivity index (χ1v) is 6.79. The maximum atomic E-state index is 10.2. The van der Waals surface area contributed by atoms with Gasteiger partial charge < -0.3 is 10.2 Å². The summed E-state index contributed by atoms with van der Waals surface area (Å²) in [5, 5.41) is 19.4. The van der Waals surface area contributed by atoms with Crippen LogP contribution in [0.3, 0.4) is 0 Å². The highest BCUT2D eigenvalue weighted by Crippen LogP contribution is 2.27. The molecular formula is C15H23NO2. The van der Waals surface area contributed by atoms with Crippen LogP contribution in [0.5, 0.6) is 5.75 Å². The van der Waals surface area contributed by atoms with E-state index in [0.29, 0.717) is 6.54 Å². The minimum Gasteiger partial charge on any atom is -0.508 e. The highest BCUT2D eigenvalue weighted by Gasteiger charge is 2.29. The molecule has 2 rings (SSSR count). The second-order valence-corrected chi connectivity index (χ2v) is 5.47. The lowest BCUT2D eigenvalue weighted by atomic mass is 9.96. The van der Waals surface area contributed by atoms with Gasteiger partial charge in [0.05, 0.1) is 6.10 Å². The number of benzene rings is 1. The molecule has 0 aromatic heterocycles. The lowest BCUT2D eigenvalue weighted by Gasteiger charge is -2.20. The first kappa shape index (κ1) is 13.4. The summed E-state index contributed by atoms with van der Waals surface area (Å²) in [5.74, 6) is 1.73. The normalized spacial score (nSPS) is 26.4. The van der Waals surface area contributed by atoms with E-state index in [1.165, 1.54) is 6.42 Å². The van der Waals surface area contributed by atoms with Gasteiger partial charge in [0.15, 0.2) is 0 Å². The van der Waals surface area contributed by atoms with Gasteiger partial charge in [-0.05, 0) is 29.5 Å². The van der Waals surface area contributed by atoms with E-state index in [2.05, 4.69) is 18.7 Å². The molecule has 3 heteroatoms. The van der Waals surface area contributed by atoms with E-state index in [1.807, 2.05) is 0 Å². The van der Waals surface area contributed by atoms with Crippen molar-refractivity contribution in [1.29, 1.82) is 0 Å². The maximum Gasteiger partial charge on any atom is 0.115 e. The van der Waals surface area contributed by atoms with Gasteiger partial charge in [0, 0.05) is 19.6 Å². The highest BCUT2D eigenvalue weighted by atomic mass is 16.3. The molecule has 1 aromatic rings. The van der Waals surface area contributed by atoms with E-state index < -0.39 is 6.10 Å². The number of rotatable bonds is 4. The van der Waals surface area contributed by atoms with Crippen LogP contribution >= 0.6 is 0 Å². The average Bonchev–Trinajstić information content (AvgIpc) is 2.70. The van der Waals surface area contributed by atoms with E-state index >= 15 is 0 Å². The van der Waals surface area contributed by atoms with E-state index in [-0.39, 0.29) is 5.75 Å². The Hall–Kier alpha value is -1.06. The zero-order valence-electron chi connectivity index (χ0n) is 11.2. The van der Waals surface area contributed by atoms with Crippen LogP contribution in [0, 0.1) is 11.8 Å². The van der Waals surface area contributed by atoms with Crippen molar-refractivity contribution in [3.8, 4) is 5.75 Å². The third-order valence-electron chi connectivity index (χ3n) is 4.08. The van der Waals surface area contributed by atoms with E-state index in [9.17, 15) is 10.2 Å². The first-order chi connectivity index (χ1) is 8.60. The van der Waals surface area contributed by atoms with Crippen LogP contribution < -0.4 is 0 Å². The van der Waals surface area contributed by atoms with Crippen LogP contribution in [0.4, 0.5) is 0 Å². The summed E-state index contributed by atoms with van der Waals surface area (Å²) in [5.41, 5.74) is 0.875. The highest BCUT2D eigenvalue weighted by molar-refractivity contribution is 5.27. The Morgan fingerprint density at radius 3 is 2.50 bits per heavy atom. The van der Waals surface area contributed by atoms with Gasteiger partial charge in [-0.2, -0.15) is 0 Å². The summed E-state index contributed by atoms with van der Waals surface area (Å²) >= 11 is 0. The van der Waals surface area contributed by atoms with Crippen molar-refractivity contribution in [2.45, 2.75) is 26.4 Å². The molecule has 0 spiro atoms. The molecule has 1 aromatic carbocycles. The Morgan fingerprint density at radius 2 is 1.94 bits per heavy atom. The third-order valence-corrected chi connectivity index (χ3v) is 4.08. The Kier molecular flexibility index (Phi) is 4.25. The Labute approximate surface area is 109 Å². The number of hydrogen-bond donors (Lipinski definition) is 2. The van der Waals surface area contributed by atoms with E-state index in [0.717, 1.165) is 30.5 Å². The minimum atomic E-state index is -0.464. The standard InChI is InChI=1S/C15H23NO2/c1-3-12-9-16(8-11(12)2)10-15(18)13-4-6-14(17)7-5-13/h4-7,11-12,15,17-18H,3,8-10H2,1-2H3/t11-,12+,15?/m0/s1. The van der Waals surface area contributed by atoms with Crippen molar-refractivity contribution >= 4 is 0 Å². The Balaban J connectivity index is 1.92. The number of β-amino-alcohol motifs (C(OH)–C–C–N with tert-alkyl or cyclic N) is 1. The van der Waals surface area contributed by atoms with Gasteiger partial charge in [-0.25, -0.2) is 0 Å². The van der Waals surface area contributed by atoms with Gasteiger partial charge in [-0.1, -0.05) is 32.4 Å². The molecule has 3 atom stereocenters. The summed E-state index contributed by atoms with van der Waals surface area (Å²) in [6.45, 7) is 7.38. The molecule has 1 unspecified atom stereocenters. The Bertz CT molecular complexity index is 377.